The molecule has 6 heteroatoms. The minimum atomic E-state index is 0.925. The molecule has 0 saturated heterocycles. The highest BCUT2D eigenvalue weighted by Gasteiger charge is 2.22. The van der Waals surface area contributed by atoms with Gasteiger partial charge in [0.25, 0.3) is 0 Å². The molecule has 1 aliphatic rings. The standard InChI is InChI=1S/C33H24N6/c1-4-10-25(11-5-1)37-28-16-30(21-34-19-28)38(26-12-6-2-7-13-26)32-18-33(24-36-23-32)39(27-14-8-3-9-15-27)31-17-29(37)20-35-22-31/h1-24H. The first-order valence-electron chi connectivity index (χ1n) is 12.8. The molecule has 6 aromatic rings. The first-order valence-corrected chi connectivity index (χ1v) is 12.8. The number of fused-ring (bicyclic) bond motifs is 6. The minimum absolute atomic E-state index is 0.925. The van der Waals surface area contributed by atoms with E-state index >= 15 is 0 Å². The highest BCUT2D eigenvalue weighted by Crippen LogP contribution is 2.44. The third kappa shape index (κ3) is 4.24. The maximum Gasteiger partial charge on any atom is 0.0666 e. The number of para-hydroxylation sites is 3. The van der Waals surface area contributed by atoms with Gasteiger partial charge >= 0.3 is 0 Å². The van der Waals surface area contributed by atoms with E-state index in [4.69, 9.17) is 15.0 Å². The van der Waals surface area contributed by atoms with Crippen LogP contribution in [0.3, 0.4) is 0 Å². The smallest absolute Gasteiger partial charge is 0.0666 e. The molecule has 6 nitrogen and oxygen atoms in total. The number of pyridine rings is 3. The lowest BCUT2D eigenvalue weighted by atomic mass is 10.1. The van der Waals surface area contributed by atoms with Gasteiger partial charge in [0.2, 0.25) is 0 Å². The van der Waals surface area contributed by atoms with Gasteiger partial charge in [-0.1, -0.05) is 54.6 Å². The van der Waals surface area contributed by atoms with Crippen molar-refractivity contribution in [3.63, 3.8) is 0 Å². The van der Waals surface area contributed by atoms with Gasteiger partial charge in [-0.2, -0.15) is 0 Å². The van der Waals surface area contributed by atoms with Crippen LogP contribution < -0.4 is 14.7 Å². The Hall–Kier alpha value is -5.49. The molecule has 186 valence electrons. The van der Waals surface area contributed by atoms with E-state index in [1.165, 1.54) is 0 Å². The lowest BCUT2D eigenvalue weighted by Gasteiger charge is -2.32. The van der Waals surface area contributed by atoms with Gasteiger partial charge in [-0.25, -0.2) is 0 Å². The van der Waals surface area contributed by atoms with Crippen LogP contribution in [0.25, 0.3) is 0 Å². The number of rotatable bonds is 3. The Balaban J connectivity index is 1.55. The third-order valence-corrected chi connectivity index (χ3v) is 6.72. The molecular formula is C33H24N6. The molecule has 0 N–H and O–H groups in total. The molecular weight excluding hydrogens is 480 g/mol. The van der Waals surface area contributed by atoms with Crippen LogP contribution in [0.2, 0.25) is 0 Å². The van der Waals surface area contributed by atoms with Gasteiger partial charge in [0, 0.05) is 17.1 Å². The maximum absolute atomic E-state index is 4.69. The molecule has 39 heavy (non-hydrogen) atoms. The topological polar surface area (TPSA) is 48.4 Å². The average Bonchev–Trinajstić information content (AvgIpc) is 3.00. The maximum atomic E-state index is 4.69. The highest BCUT2D eigenvalue weighted by atomic mass is 15.2. The zero-order valence-corrected chi connectivity index (χ0v) is 21.0. The van der Waals surface area contributed by atoms with Gasteiger partial charge in [0.05, 0.1) is 71.3 Å². The van der Waals surface area contributed by atoms with Crippen molar-refractivity contribution in [3.05, 3.63) is 146 Å². The second kappa shape index (κ2) is 9.76. The Bertz CT molecular complexity index is 1460. The van der Waals surface area contributed by atoms with E-state index in [1.807, 2.05) is 91.8 Å². The first-order chi connectivity index (χ1) is 19.3. The summed E-state index contributed by atoms with van der Waals surface area (Å²) >= 11 is 0. The molecule has 6 bridgehead atoms. The molecule has 0 aliphatic carbocycles. The molecule has 3 aromatic carbocycles. The molecule has 0 amide bonds. The van der Waals surface area contributed by atoms with Crippen molar-refractivity contribution < 1.29 is 0 Å². The molecule has 3 aromatic heterocycles. The van der Waals surface area contributed by atoms with Crippen LogP contribution in [0.1, 0.15) is 0 Å². The summed E-state index contributed by atoms with van der Waals surface area (Å²) in [6, 6.07) is 37.4. The molecule has 1 aliphatic heterocycles. The summed E-state index contributed by atoms with van der Waals surface area (Å²) in [6.07, 6.45) is 11.3. The number of aromatic nitrogens is 3. The van der Waals surface area contributed by atoms with E-state index in [-0.39, 0.29) is 0 Å². The SMILES string of the molecule is c1ccc(N2c3cncc(c3)N(c3ccccc3)c3cncc(c3)N(c3ccccc3)c3cncc2c3)cc1. The zero-order chi connectivity index (χ0) is 26.0. The number of anilines is 9. The quantitative estimate of drug-likeness (QED) is 0.240. The fourth-order valence-corrected chi connectivity index (χ4v) is 5.05. The molecule has 0 saturated carbocycles. The molecule has 4 heterocycles. The van der Waals surface area contributed by atoms with Crippen LogP contribution in [-0.4, -0.2) is 15.0 Å². The summed E-state index contributed by atoms with van der Waals surface area (Å²) in [5.74, 6) is 0. The number of hydrogen-bond donors (Lipinski definition) is 0. The summed E-state index contributed by atoms with van der Waals surface area (Å²) in [5, 5.41) is 0. The van der Waals surface area contributed by atoms with Crippen molar-refractivity contribution in [1.82, 2.24) is 15.0 Å². The largest absolute Gasteiger partial charge is 0.307 e. The van der Waals surface area contributed by atoms with Crippen molar-refractivity contribution >= 4 is 51.2 Å². The van der Waals surface area contributed by atoms with Crippen molar-refractivity contribution in [2.24, 2.45) is 0 Å². The molecule has 0 fully saturated rings. The summed E-state index contributed by atoms with van der Waals surface area (Å²) < 4.78 is 0. The molecule has 0 unspecified atom stereocenters. The van der Waals surface area contributed by atoms with Gasteiger partial charge in [0.15, 0.2) is 0 Å². The van der Waals surface area contributed by atoms with Crippen molar-refractivity contribution in [1.29, 1.82) is 0 Å². The van der Waals surface area contributed by atoms with E-state index in [2.05, 4.69) is 69.3 Å². The van der Waals surface area contributed by atoms with Gasteiger partial charge in [-0.15, -0.1) is 0 Å². The summed E-state index contributed by atoms with van der Waals surface area (Å²) in [7, 11) is 0. The predicted octanol–water partition coefficient (Wildman–Crippen LogP) is 8.59. The second-order valence-electron chi connectivity index (χ2n) is 9.22. The Morgan fingerprint density at radius 2 is 0.513 bits per heavy atom. The van der Waals surface area contributed by atoms with Crippen LogP contribution in [-0.2, 0) is 0 Å². The van der Waals surface area contributed by atoms with E-state index in [1.54, 1.807) is 0 Å². The minimum Gasteiger partial charge on any atom is -0.307 e. The fraction of sp³-hybridized carbons (Fsp3) is 0. The molecule has 7 rings (SSSR count). The lowest BCUT2D eigenvalue weighted by Crippen LogP contribution is -2.17. The second-order valence-corrected chi connectivity index (χ2v) is 9.22. The van der Waals surface area contributed by atoms with Gasteiger partial charge in [-0.3, -0.25) is 15.0 Å². The number of benzene rings is 3. The van der Waals surface area contributed by atoms with Crippen LogP contribution in [0.5, 0.6) is 0 Å². The van der Waals surface area contributed by atoms with Crippen molar-refractivity contribution in [3.8, 4) is 0 Å². The summed E-state index contributed by atoms with van der Waals surface area (Å²) in [5.41, 5.74) is 8.61. The molecule has 0 spiro atoms. The predicted molar refractivity (Wildman–Crippen MR) is 157 cm³/mol. The van der Waals surface area contributed by atoms with Crippen molar-refractivity contribution in [2.45, 2.75) is 0 Å². The van der Waals surface area contributed by atoms with E-state index in [9.17, 15) is 0 Å². The Morgan fingerprint density at radius 1 is 0.282 bits per heavy atom. The van der Waals surface area contributed by atoms with Crippen molar-refractivity contribution in [2.75, 3.05) is 14.7 Å². The Kier molecular flexibility index (Phi) is 5.68. The van der Waals surface area contributed by atoms with E-state index < -0.39 is 0 Å². The Labute approximate surface area is 227 Å². The van der Waals surface area contributed by atoms with Crippen LogP contribution in [0.4, 0.5) is 51.2 Å². The number of hydrogen-bond acceptors (Lipinski definition) is 6. The lowest BCUT2D eigenvalue weighted by molar-refractivity contribution is 1.14. The molecule has 0 radical (unpaired) electrons. The monoisotopic (exact) mass is 504 g/mol. The van der Waals surface area contributed by atoms with Gasteiger partial charge in [-0.05, 0) is 54.6 Å². The number of nitrogens with zero attached hydrogens (tertiary/aromatic N) is 6. The average molecular weight is 505 g/mol. The summed E-state index contributed by atoms with van der Waals surface area (Å²) in [6.45, 7) is 0. The van der Waals surface area contributed by atoms with E-state index in [0.717, 1.165) is 51.2 Å². The fourth-order valence-electron chi connectivity index (χ4n) is 5.05. The van der Waals surface area contributed by atoms with Gasteiger partial charge < -0.3 is 14.7 Å². The highest BCUT2D eigenvalue weighted by molar-refractivity contribution is 5.87. The summed E-state index contributed by atoms with van der Waals surface area (Å²) in [4.78, 5) is 20.6. The van der Waals surface area contributed by atoms with E-state index in [0.29, 0.717) is 0 Å². The van der Waals surface area contributed by atoms with Crippen LogP contribution in [0, 0.1) is 0 Å². The normalized spacial score (nSPS) is 12.5. The Morgan fingerprint density at radius 3 is 0.744 bits per heavy atom. The van der Waals surface area contributed by atoms with Gasteiger partial charge in [0.1, 0.15) is 0 Å². The third-order valence-electron chi connectivity index (χ3n) is 6.72. The molecule has 0 atom stereocenters. The first kappa shape index (κ1) is 22.7. The van der Waals surface area contributed by atoms with Crippen LogP contribution >= 0.6 is 0 Å². The zero-order valence-electron chi connectivity index (χ0n) is 21.0. The van der Waals surface area contributed by atoms with Crippen LogP contribution in [0.15, 0.2) is 146 Å².